The van der Waals surface area contributed by atoms with Crippen molar-refractivity contribution < 1.29 is 24.8 Å². The van der Waals surface area contributed by atoms with Crippen molar-refractivity contribution in [2.24, 2.45) is 0 Å². The van der Waals surface area contributed by atoms with Gasteiger partial charge in [0, 0.05) is 5.02 Å². The first-order valence-corrected chi connectivity index (χ1v) is 2.48. The number of hydrogen-bond acceptors (Lipinski definition) is 0. The molecule has 0 saturated heterocycles. The van der Waals surface area contributed by atoms with Crippen LogP contribution in [0, 0.1) is 0 Å². The first kappa shape index (κ1) is 17.1. The summed E-state index contributed by atoms with van der Waals surface area (Å²) in [5.41, 5.74) is 0. The molecule has 1 aromatic rings. The molecule has 0 spiro atoms. The van der Waals surface area contributed by atoms with Crippen molar-refractivity contribution in [1.29, 1.82) is 0 Å². The van der Waals surface area contributed by atoms with E-state index in [1.807, 2.05) is 30.3 Å². The second-order valence-corrected chi connectivity index (χ2v) is 1.73. The van der Waals surface area contributed by atoms with Gasteiger partial charge in [0.25, 0.3) is 0 Å². The van der Waals surface area contributed by atoms with Crippen LogP contribution in [0.2, 0.25) is 5.02 Å². The quantitative estimate of drug-likeness (QED) is 0.381. The molecule has 10 heavy (non-hydrogen) atoms. The fourth-order valence-corrected chi connectivity index (χ4v) is 0.560. The van der Waals surface area contributed by atoms with Gasteiger partial charge in [0.2, 0.25) is 0 Å². The van der Waals surface area contributed by atoms with Crippen LogP contribution in [-0.4, -0.2) is 23.1 Å². The molecule has 0 aliphatic rings. The SMILES string of the molecule is Clc1ccccc1.[Cl-].[Cl-].[Mg+2]. The molecule has 0 aromatic heterocycles. The van der Waals surface area contributed by atoms with Crippen molar-refractivity contribution in [3.63, 3.8) is 0 Å². The molecule has 0 amide bonds. The molecule has 0 aliphatic heterocycles. The van der Waals surface area contributed by atoms with Gasteiger partial charge in [-0.05, 0) is 12.1 Å². The van der Waals surface area contributed by atoms with Gasteiger partial charge in [0.05, 0.1) is 0 Å². The fourth-order valence-electron chi connectivity index (χ4n) is 0.415. The molecule has 0 N–H and O–H groups in total. The first-order chi connectivity index (χ1) is 3.39. The third-order valence-electron chi connectivity index (χ3n) is 0.733. The minimum absolute atomic E-state index is 0. The van der Waals surface area contributed by atoms with Crippen molar-refractivity contribution in [3.05, 3.63) is 35.4 Å². The Morgan fingerprint density at radius 3 is 1.50 bits per heavy atom. The molecule has 0 nitrogen and oxygen atoms in total. The van der Waals surface area contributed by atoms with Crippen molar-refractivity contribution >= 4 is 34.7 Å². The van der Waals surface area contributed by atoms with Crippen molar-refractivity contribution in [3.8, 4) is 0 Å². The van der Waals surface area contributed by atoms with Gasteiger partial charge < -0.3 is 24.8 Å². The average molecular weight is 208 g/mol. The summed E-state index contributed by atoms with van der Waals surface area (Å²) in [5.74, 6) is 0. The van der Waals surface area contributed by atoms with Crippen molar-refractivity contribution in [2.45, 2.75) is 0 Å². The van der Waals surface area contributed by atoms with Crippen LogP contribution in [-0.2, 0) is 0 Å². The summed E-state index contributed by atoms with van der Waals surface area (Å²) < 4.78 is 0. The fraction of sp³-hybridized carbons (Fsp3) is 0. The summed E-state index contributed by atoms with van der Waals surface area (Å²) in [7, 11) is 0. The summed E-state index contributed by atoms with van der Waals surface area (Å²) in [6, 6.07) is 9.44. The Morgan fingerprint density at radius 2 is 1.30 bits per heavy atom. The third kappa shape index (κ3) is 6.97. The van der Waals surface area contributed by atoms with E-state index in [1.54, 1.807) is 0 Å². The second-order valence-electron chi connectivity index (χ2n) is 1.30. The molecule has 0 heterocycles. The van der Waals surface area contributed by atoms with E-state index in [1.165, 1.54) is 0 Å². The van der Waals surface area contributed by atoms with Gasteiger partial charge in [-0.1, -0.05) is 29.8 Å². The average Bonchev–Trinajstić information content (AvgIpc) is 1.69. The minimum Gasteiger partial charge on any atom is -1.00 e. The van der Waals surface area contributed by atoms with Gasteiger partial charge in [-0.3, -0.25) is 0 Å². The van der Waals surface area contributed by atoms with Gasteiger partial charge in [0.15, 0.2) is 0 Å². The summed E-state index contributed by atoms with van der Waals surface area (Å²) in [5, 5.41) is 0.794. The normalized spacial score (nSPS) is 6.10. The standard InChI is InChI=1S/C6H5Cl.2ClH.Mg/c7-6-4-2-1-3-5-6;;;/h1-5H;2*1H;/q;;;+2/p-2. The van der Waals surface area contributed by atoms with Crippen molar-refractivity contribution in [1.82, 2.24) is 0 Å². The van der Waals surface area contributed by atoms with E-state index in [2.05, 4.69) is 0 Å². The van der Waals surface area contributed by atoms with Gasteiger partial charge in [-0.15, -0.1) is 0 Å². The molecule has 0 atom stereocenters. The smallest absolute Gasteiger partial charge is 1.00 e. The monoisotopic (exact) mass is 206 g/mol. The summed E-state index contributed by atoms with van der Waals surface area (Å²) in [6.07, 6.45) is 0. The Labute approximate surface area is 94.3 Å². The Balaban J connectivity index is -0.000000163. The van der Waals surface area contributed by atoms with E-state index in [4.69, 9.17) is 11.6 Å². The zero-order valence-electron chi connectivity index (χ0n) is 5.23. The number of benzene rings is 1. The molecule has 0 saturated carbocycles. The predicted octanol–water partition coefficient (Wildman–Crippen LogP) is -4.03. The molecular formula is C6H5Cl3Mg. The molecule has 1 rings (SSSR count). The van der Waals surface area contributed by atoms with Gasteiger partial charge in [0.1, 0.15) is 0 Å². The van der Waals surface area contributed by atoms with E-state index in [0.717, 1.165) is 5.02 Å². The third-order valence-corrected chi connectivity index (χ3v) is 0.985. The number of hydrogen-bond donors (Lipinski definition) is 0. The maximum Gasteiger partial charge on any atom is 2.00 e. The molecule has 4 heteroatoms. The molecule has 0 fully saturated rings. The van der Waals surface area contributed by atoms with Crippen LogP contribution < -0.4 is 24.8 Å². The number of halogens is 3. The van der Waals surface area contributed by atoms with Crippen LogP contribution in [0.4, 0.5) is 0 Å². The predicted molar refractivity (Wildman–Crippen MR) is 37.2 cm³/mol. The van der Waals surface area contributed by atoms with Crippen molar-refractivity contribution in [2.75, 3.05) is 0 Å². The first-order valence-electron chi connectivity index (χ1n) is 2.10. The Bertz CT molecular complexity index is 143. The van der Waals surface area contributed by atoms with E-state index >= 15 is 0 Å². The van der Waals surface area contributed by atoms with Crippen LogP contribution in [0.5, 0.6) is 0 Å². The topological polar surface area (TPSA) is 0 Å². The van der Waals surface area contributed by atoms with Crippen LogP contribution in [0.1, 0.15) is 0 Å². The maximum atomic E-state index is 5.54. The molecule has 0 unspecified atom stereocenters. The minimum atomic E-state index is 0. The van der Waals surface area contributed by atoms with E-state index in [9.17, 15) is 0 Å². The van der Waals surface area contributed by atoms with E-state index in [-0.39, 0.29) is 47.9 Å². The van der Waals surface area contributed by atoms with Gasteiger partial charge >= 0.3 is 23.1 Å². The van der Waals surface area contributed by atoms with Gasteiger partial charge in [-0.25, -0.2) is 0 Å². The number of rotatable bonds is 0. The molecule has 0 aliphatic carbocycles. The van der Waals surface area contributed by atoms with Crippen LogP contribution >= 0.6 is 11.6 Å². The van der Waals surface area contributed by atoms with Crippen LogP contribution in [0.25, 0.3) is 0 Å². The zero-order chi connectivity index (χ0) is 5.11. The zero-order valence-corrected chi connectivity index (χ0v) is 8.91. The van der Waals surface area contributed by atoms with Gasteiger partial charge in [-0.2, -0.15) is 0 Å². The molecule has 0 bridgehead atoms. The molecular weight excluding hydrogens is 203 g/mol. The molecule has 52 valence electrons. The summed E-state index contributed by atoms with van der Waals surface area (Å²) >= 11 is 5.54. The molecule has 1 aromatic carbocycles. The summed E-state index contributed by atoms with van der Waals surface area (Å²) in [4.78, 5) is 0. The van der Waals surface area contributed by atoms with Crippen LogP contribution in [0.15, 0.2) is 30.3 Å². The molecule has 0 radical (unpaired) electrons. The second kappa shape index (κ2) is 9.86. The van der Waals surface area contributed by atoms with E-state index < -0.39 is 0 Å². The largest absolute Gasteiger partial charge is 2.00 e. The van der Waals surface area contributed by atoms with Crippen LogP contribution in [0.3, 0.4) is 0 Å². The maximum absolute atomic E-state index is 5.54. The Hall–Kier alpha value is 0.856. The summed E-state index contributed by atoms with van der Waals surface area (Å²) in [6.45, 7) is 0. The Morgan fingerprint density at radius 1 is 0.900 bits per heavy atom. The Kier molecular flexibility index (Phi) is 16.8. The van der Waals surface area contributed by atoms with E-state index in [0.29, 0.717) is 0 Å².